The fourth-order valence-electron chi connectivity index (χ4n) is 1.67. The van der Waals surface area contributed by atoms with Crippen molar-refractivity contribution < 1.29 is 35.3 Å². The second-order valence-electron chi connectivity index (χ2n) is 4.31. The summed E-state index contributed by atoms with van der Waals surface area (Å²) < 4.78 is 69.9. The molecule has 130 valence electrons. The third-order valence-electron chi connectivity index (χ3n) is 2.69. The summed E-state index contributed by atoms with van der Waals surface area (Å²) in [6.07, 6.45) is 0.867. The van der Waals surface area contributed by atoms with Crippen LogP contribution in [0.25, 0.3) is 5.69 Å². The number of nitrogens with zero attached hydrogens (tertiary/aromatic N) is 2. The van der Waals surface area contributed by atoms with Crippen LogP contribution in [-0.4, -0.2) is 36.3 Å². The molecule has 24 heavy (non-hydrogen) atoms. The quantitative estimate of drug-likeness (QED) is 0.460. The Hall–Kier alpha value is -2.56. The number of rotatable bonds is 5. The minimum atomic E-state index is -5.99. The van der Waals surface area contributed by atoms with Gasteiger partial charge in [-0.3, -0.25) is 0 Å². The molecule has 0 aliphatic carbocycles. The first-order valence-corrected chi connectivity index (χ1v) is 7.89. The average molecular weight is 364 g/mol. The monoisotopic (exact) mass is 364 g/mol. The van der Waals surface area contributed by atoms with Crippen molar-refractivity contribution in [3.05, 3.63) is 42.1 Å². The first kappa shape index (κ1) is 17.8. The van der Waals surface area contributed by atoms with Crippen molar-refractivity contribution in [1.82, 2.24) is 9.78 Å². The minimum Gasteiger partial charge on any atom is -0.462 e. The molecule has 11 heteroatoms. The Kier molecular flexibility index (Phi) is 4.83. The molecular formula is C13H11F3N2O5S. The molecule has 0 N–H and O–H groups in total. The van der Waals surface area contributed by atoms with Crippen molar-refractivity contribution in [3.63, 3.8) is 0 Å². The van der Waals surface area contributed by atoms with Crippen LogP contribution in [0.3, 0.4) is 0 Å². The summed E-state index contributed by atoms with van der Waals surface area (Å²) >= 11 is 0. The molecule has 0 bridgehead atoms. The highest BCUT2D eigenvalue weighted by Crippen LogP contribution is 2.30. The van der Waals surface area contributed by atoms with Gasteiger partial charge in [0.25, 0.3) is 5.88 Å². The summed E-state index contributed by atoms with van der Waals surface area (Å²) in [5.74, 6) is -1.97. The van der Waals surface area contributed by atoms with Crippen LogP contribution in [0.2, 0.25) is 0 Å². The van der Waals surface area contributed by atoms with Gasteiger partial charge in [-0.15, -0.1) is 0 Å². The summed E-state index contributed by atoms with van der Waals surface area (Å²) in [5.41, 5.74) is -6.01. The van der Waals surface area contributed by atoms with Crippen molar-refractivity contribution in [2.45, 2.75) is 12.4 Å². The van der Waals surface area contributed by atoms with Gasteiger partial charge in [0.05, 0.1) is 18.5 Å². The molecule has 0 saturated carbocycles. The zero-order valence-electron chi connectivity index (χ0n) is 12.1. The number of esters is 1. The highest BCUT2D eigenvalue weighted by molar-refractivity contribution is 7.88. The SMILES string of the molecule is CCOC(=O)c1cnn(-c2ccccc2)c1OS(=O)(=O)C(F)(F)F. The van der Waals surface area contributed by atoms with Gasteiger partial charge in [-0.1, -0.05) is 18.2 Å². The number of carbonyl (C=O) groups excluding carboxylic acids is 1. The van der Waals surface area contributed by atoms with Crippen LogP contribution in [0.1, 0.15) is 17.3 Å². The van der Waals surface area contributed by atoms with E-state index in [1.807, 2.05) is 0 Å². The van der Waals surface area contributed by atoms with Crippen molar-refractivity contribution in [2.75, 3.05) is 6.61 Å². The number of hydrogen-bond donors (Lipinski definition) is 0. The second-order valence-corrected chi connectivity index (χ2v) is 5.85. The van der Waals surface area contributed by atoms with E-state index in [4.69, 9.17) is 0 Å². The molecular weight excluding hydrogens is 353 g/mol. The highest BCUT2D eigenvalue weighted by atomic mass is 32.2. The third-order valence-corrected chi connectivity index (χ3v) is 3.64. The summed E-state index contributed by atoms with van der Waals surface area (Å²) in [5, 5.41) is 3.71. The fourth-order valence-corrected chi connectivity index (χ4v) is 2.13. The molecule has 2 rings (SSSR count). The lowest BCUT2D eigenvalue weighted by Gasteiger charge is -2.12. The number of halogens is 3. The van der Waals surface area contributed by atoms with Crippen LogP contribution >= 0.6 is 0 Å². The van der Waals surface area contributed by atoms with Crippen LogP contribution < -0.4 is 4.18 Å². The Morgan fingerprint density at radius 3 is 2.42 bits per heavy atom. The largest absolute Gasteiger partial charge is 0.534 e. The maximum Gasteiger partial charge on any atom is 0.534 e. The number of alkyl halides is 3. The zero-order valence-corrected chi connectivity index (χ0v) is 13.0. The van der Waals surface area contributed by atoms with Gasteiger partial charge in [0.2, 0.25) is 0 Å². The van der Waals surface area contributed by atoms with Gasteiger partial charge in [-0.05, 0) is 19.1 Å². The summed E-state index contributed by atoms with van der Waals surface area (Å²) in [6, 6.07) is 7.60. The normalized spacial score (nSPS) is 12.0. The molecule has 0 amide bonds. The van der Waals surface area contributed by atoms with E-state index < -0.39 is 33.0 Å². The lowest BCUT2D eigenvalue weighted by Crippen LogP contribution is -2.29. The Labute approximate surface area is 134 Å². The molecule has 7 nitrogen and oxygen atoms in total. The predicted molar refractivity (Wildman–Crippen MR) is 75.1 cm³/mol. The zero-order chi connectivity index (χ0) is 18.0. The molecule has 1 heterocycles. The van der Waals surface area contributed by atoms with Gasteiger partial charge in [0.15, 0.2) is 0 Å². The number of carbonyl (C=O) groups is 1. The standard InChI is InChI=1S/C13H11F3N2O5S/c1-2-22-12(19)10-8-17-18(9-6-4-3-5-7-9)11(10)23-24(20,21)13(14,15)16/h3-8H,2H2,1H3. The summed E-state index contributed by atoms with van der Waals surface area (Å²) in [7, 11) is -5.99. The van der Waals surface area contributed by atoms with Gasteiger partial charge in [0, 0.05) is 0 Å². The van der Waals surface area contributed by atoms with Crippen LogP contribution in [0.15, 0.2) is 36.5 Å². The first-order valence-electron chi connectivity index (χ1n) is 6.48. The van der Waals surface area contributed by atoms with Gasteiger partial charge in [-0.2, -0.15) is 31.4 Å². The van der Waals surface area contributed by atoms with Crippen molar-refractivity contribution >= 4 is 16.1 Å². The number of aromatic nitrogens is 2. The van der Waals surface area contributed by atoms with Crippen molar-refractivity contribution in [1.29, 1.82) is 0 Å². The molecule has 1 aromatic heterocycles. The Morgan fingerprint density at radius 2 is 1.88 bits per heavy atom. The number of para-hydroxylation sites is 1. The molecule has 0 fully saturated rings. The number of ether oxygens (including phenoxy) is 1. The van der Waals surface area contributed by atoms with Crippen LogP contribution in [0, 0.1) is 0 Å². The highest BCUT2D eigenvalue weighted by Gasteiger charge is 2.49. The Bertz CT molecular complexity index is 831. The molecule has 0 saturated heterocycles. The van der Waals surface area contributed by atoms with E-state index >= 15 is 0 Å². The molecule has 0 atom stereocenters. The van der Waals surface area contributed by atoms with E-state index in [0.29, 0.717) is 0 Å². The van der Waals surface area contributed by atoms with Crippen LogP contribution in [-0.2, 0) is 14.9 Å². The van der Waals surface area contributed by atoms with Gasteiger partial charge in [0.1, 0.15) is 5.56 Å². The molecule has 0 aliphatic rings. The van der Waals surface area contributed by atoms with Gasteiger partial charge < -0.3 is 8.92 Å². The fraction of sp³-hybridized carbons (Fsp3) is 0.231. The van der Waals surface area contributed by atoms with E-state index in [1.165, 1.54) is 19.1 Å². The lowest BCUT2D eigenvalue weighted by molar-refractivity contribution is -0.0502. The average Bonchev–Trinajstić information content (AvgIpc) is 2.90. The van der Waals surface area contributed by atoms with Crippen molar-refractivity contribution in [2.24, 2.45) is 0 Å². The van der Waals surface area contributed by atoms with E-state index in [0.717, 1.165) is 10.9 Å². The van der Waals surface area contributed by atoms with Crippen LogP contribution in [0.4, 0.5) is 13.2 Å². The predicted octanol–water partition coefficient (Wildman–Crippen LogP) is 2.28. The molecule has 2 aromatic rings. The molecule has 0 spiro atoms. The van der Waals surface area contributed by atoms with Crippen molar-refractivity contribution in [3.8, 4) is 11.6 Å². The molecule has 0 radical (unpaired) electrons. The lowest BCUT2D eigenvalue weighted by atomic mass is 10.3. The van der Waals surface area contributed by atoms with Gasteiger partial charge in [-0.25, -0.2) is 4.79 Å². The summed E-state index contributed by atoms with van der Waals surface area (Å²) in [6.45, 7) is 1.41. The smallest absolute Gasteiger partial charge is 0.462 e. The van der Waals surface area contributed by atoms with E-state index in [9.17, 15) is 26.4 Å². The third kappa shape index (κ3) is 3.50. The Morgan fingerprint density at radius 1 is 1.25 bits per heavy atom. The Balaban J connectivity index is 2.57. The molecule has 1 aromatic carbocycles. The molecule has 0 unspecified atom stereocenters. The van der Waals surface area contributed by atoms with E-state index in [1.54, 1.807) is 18.2 Å². The maximum absolute atomic E-state index is 12.6. The van der Waals surface area contributed by atoms with Crippen LogP contribution in [0.5, 0.6) is 5.88 Å². The van der Waals surface area contributed by atoms with E-state index in [2.05, 4.69) is 14.0 Å². The maximum atomic E-state index is 12.6. The number of hydrogen-bond acceptors (Lipinski definition) is 6. The first-order chi connectivity index (χ1) is 11.2. The van der Waals surface area contributed by atoms with Gasteiger partial charge >= 0.3 is 21.6 Å². The minimum absolute atomic E-state index is 0.0686. The van der Waals surface area contributed by atoms with E-state index in [-0.39, 0.29) is 12.3 Å². The second kappa shape index (κ2) is 6.51. The number of benzene rings is 1. The summed E-state index contributed by atoms with van der Waals surface area (Å²) in [4.78, 5) is 11.8. The molecule has 0 aliphatic heterocycles. The topological polar surface area (TPSA) is 87.5 Å².